The zero-order valence-corrected chi connectivity index (χ0v) is 12.0. The van der Waals surface area contributed by atoms with Crippen molar-refractivity contribution >= 4 is 9.84 Å². The fourth-order valence-electron chi connectivity index (χ4n) is 2.16. The van der Waals surface area contributed by atoms with Gasteiger partial charge in [0.25, 0.3) is 0 Å². The maximum Gasteiger partial charge on any atom is 0.161 e. The molecule has 0 aromatic heterocycles. The standard InChI is InChI=1S/C13H19NO4S/c1-14-8-10-3-4-12(17-2)13(7-10)18-11-5-6-19(15,16)9-11/h3-4,7,11,14H,5-6,8-9H2,1-2H3. The highest BCUT2D eigenvalue weighted by atomic mass is 32.2. The van der Waals surface area contributed by atoms with Crippen molar-refractivity contribution in [1.29, 1.82) is 0 Å². The smallest absolute Gasteiger partial charge is 0.161 e. The molecule has 1 aromatic carbocycles. The molecule has 106 valence electrons. The van der Waals surface area contributed by atoms with Crippen molar-refractivity contribution in [2.45, 2.75) is 19.1 Å². The van der Waals surface area contributed by atoms with E-state index in [1.807, 2.05) is 25.2 Å². The molecule has 1 saturated heterocycles. The molecule has 1 unspecified atom stereocenters. The molecule has 1 atom stereocenters. The number of benzene rings is 1. The van der Waals surface area contributed by atoms with E-state index >= 15 is 0 Å². The van der Waals surface area contributed by atoms with E-state index in [1.165, 1.54) is 0 Å². The molecule has 0 radical (unpaired) electrons. The van der Waals surface area contributed by atoms with E-state index in [0.717, 1.165) is 12.1 Å². The Kier molecular flexibility index (Phi) is 4.31. The summed E-state index contributed by atoms with van der Waals surface area (Å²) < 4.78 is 33.9. The zero-order valence-electron chi connectivity index (χ0n) is 11.2. The molecule has 6 heteroatoms. The van der Waals surface area contributed by atoms with Gasteiger partial charge in [-0.2, -0.15) is 0 Å². The van der Waals surface area contributed by atoms with Crippen LogP contribution < -0.4 is 14.8 Å². The number of hydrogen-bond donors (Lipinski definition) is 1. The Labute approximate surface area is 113 Å². The number of methoxy groups -OCH3 is 1. The summed E-state index contributed by atoms with van der Waals surface area (Å²) in [5, 5.41) is 3.06. The first kappa shape index (κ1) is 14.1. The highest BCUT2D eigenvalue weighted by molar-refractivity contribution is 7.91. The van der Waals surface area contributed by atoms with Gasteiger partial charge in [0.15, 0.2) is 21.3 Å². The summed E-state index contributed by atoms with van der Waals surface area (Å²) in [7, 11) is 0.510. The van der Waals surface area contributed by atoms with Gasteiger partial charge in [-0.05, 0) is 31.2 Å². The van der Waals surface area contributed by atoms with Crippen LogP contribution in [0.4, 0.5) is 0 Å². The molecule has 0 spiro atoms. The summed E-state index contributed by atoms with van der Waals surface area (Å²) in [5.41, 5.74) is 1.07. The van der Waals surface area contributed by atoms with E-state index in [9.17, 15) is 8.42 Å². The van der Waals surface area contributed by atoms with Gasteiger partial charge < -0.3 is 14.8 Å². The molecule has 5 nitrogen and oxygen atoms in total. The molecule has 19 heavy (non-hydrogen) atoms. The number of nitrogens with one attached hydrogen (secondary N) is 1. The summed E-state index contributed by atoms with van der Waals surface area (Å²) >= 11 is 0. The maximum atomic E-state index is 11.4. The Morgan fingerprint density at radius 2 is 2.16 bits per heavy atom. The molecule has 1 aliphatic heterocycles. The molecule has 2 rings (SSSR count). The van der Waals surface area contributed by atoms with Crippen LogP contribution in [0.3, 0.4) is 0 Å². The lowest BCUT2D eigenvalue weighted by Crippen LogP contribution is -2.18. The van der Waals surface area contributed by atoms with Gasteiger partial charge in [-0.3, -0.25) is 0 Å². The van der Waals surface area contributed by atoms with Gasteiger partial charge in [-0.25, -0.2) is 8.42 Å². The molecule has 0 aliphatic carbocycles. The number of hydrogen-bond acceptors (Lipinski definition) is 5. The Balaban J connectivity index is 2.16. The molecular weight excluding hydrogens is 266 g/mol. The maximum absolute atomic E-state index is 11.4. The van der Waals surface area contributed by atoms with Gasteiger partial charge in [-0.1, -0.05) is 6.07 Å². The molecule has 1 aromatic rings. The van der Waals surface area contributed by atoms with Crippen LogP contribution in [0.1, 0.15) is 12.0 Å². The highest BCUT2D eigenvalue weighted by Gasteiger charge is 2.30. The van der Waals surface area contributed by atoms with Crippen LogP contribution in [0, 0.1) is 0 Å². The summed E-state index contributed by atoms with van der Waals surface area (Å²) in [5.74, 6) is 1.53. The second-order valence-corrected chi connectivity index (χ2v) is 6.89. The summed E-state index contributed by atoms with van der Waals surface area (Å²) in [6, 6.07) is 5.68. The summed E-state index contributed by atoms with van der Waals surface area (Å²) in [4.78, 5) is 0. The normalized spacial score (nSPS) is 21.3. The average molecular weight is 285 g/mol. The van der Waals surface area contributed by atoms with Crippen molar-refractivity contribution in [2.24, 2.45) is 0 Å². The second-order valence-electron chi connectivity index (χ2n) is 4.66. The van der Waals surface area contributed by atoms with Crippen molar-refractivity contribution < 1.29 is 17.9 Å². The van der Waals surface area contributed by atoms with Crippen molar-refractivity contribution in [3.8, 4) is 11.5 Å². The summed E-state index contributed by atoms with van der Waals surface area (Å²) in [6.45, 7) is 0.726. The predicted octanol–water partition coefficient (Wildman–Crippen LogP) is 0.980. The lowest BCUT2D eigenvalue weighted by molar-refractivity contribution is 0.218. The quantitative estimate of drug-likeness (QED) is 0.873. The van der Waals surface area contributed by atoms with Gasteiger partial charge >= 0.3 is 0 Å². The van der Waals surface area contributed by atoms with Crippen LogP contribution in [0.15, 0.2) is 18.2 Å². The molecule has 0 bridgehead atoms. The van der Waals surface area contributed by atoms with Crippen LogP contribution >= 0.6 is 0 Å². The highest BCUT2D eigenvalue weighted by Crippen LogP contribution is 2.30. The van der Waals surface area contributed by atoms with Crippen LogP contribution in [0.2, 0.25) is 0 Å². The van der Waals surface area contributed by atoms with Crippen LogP contribution in [0.5, 0.6) is 11.5 Å². The zero-order chi connectivity index (χ0) is 13.9. The fraction of sp³-hybridized carbons (Fsp3) is 0.538. The molecule has 1 heterocycles. The van der Waals surface area contributed by atoms with Crippen LogP contribution in [-0.2, 0) is 16.4 Å². The number of sulfone groups is 1. The first-order valence-corrected chi connectivity index (χ1v) is 8.05. The Morgan fingerprint density at radius 3 is 2.74 bits per heavy atom. The van der Waals surface area contributed by atoms with Crippen molar-refractivity contribution in [1.82, 2.24) is 5.32 Å². The second kappa shape index (κ2) is 5.79. The average Bonchev–Trinajstić information content (AvgIpc) is 2.69. The number of ether oxygens (including phenoxy) is 2. The van der Waals surface area contributed by atoms with Crippen LogP contribution in [-0.4, -0.2) is 40.2 Å². The lowest BCUT2D eigenvalue weighted by Gasteiger charge is -2.16. The largest absolute Gasteiger partial charge is 0.493 e. The Morgan fingerprint density at radius 1 is 1.37 bits per heavy atom. The predicted molar refractivity (Wildman–Crippen MR) is 73.4 cm³/mol. The van der Waals surface area contributed by atoms with Gasteiger partial charge in [0.05, 0.1) is 18.6 Å². The minimum Gasteiger partial charge on any atom is -0.493 e. The topological polar surface area (TPSA) is 64.6 Å². The van der Waals surface area contributed by atoms with E-state index in [1.54, 1.807) is 7.11 Å². The monoisotopic (exact) mass is 285 g/mol. The minimum atomic E-state index is -2.93. The lowest BCUT2D eigenvalue weighted by atomic mass is 10.2. The van der Waals surface area contributed by atoms with Crippen molar-refractivity contribution in [3.63, 3.8) is 0 Å². The number of rotatable bonds is 5. The molecule has 1 N–H and O–H groups in total. The fourth-order valence-corrected chi connectivity index (χ4v) is 3.75. The van der Waals surface area contributed by atoms with Gasteiger partial charge in [-0.15, -0.1) is 0 Å². The summed E-state index contributed by atoms with van der Waals surface area (Å²) in [6.07, 6.45) is 0.269. The van der Waals surface area contributed by atoms with Crippen molar-refractivity contribution in [3.05, 3.63) is 23.8 Å². The van der Waals surface area contributed by atoms with Gasteiger partial charge in [0, 0.05) is 6.54 Å². The van der Waals surface area contributed by atoms with E-state index in [0.29, 0.717) is 17.9 Å². The molecular formula is C13H19NO4S. The van der Waals surface area contributed by atoms with E-state index in [4.69, 9.17) is 9.47 Å². The molecule has 0 saturated carbocycles. The third-order valence-electron chi connectivity index (χ3n) is 3.09. The van der Waals surface area contributed by atoms with E-state index in [2.05, 4.69) is 5.32 Å². The minimum absolute atomic E-state index is 0.0897. The Hall–Kier alpha value is -1.27. The molecule has 1 aliphatic rings. The first-order chi connectivity index (χ1) is 9.04. The van der Waals surface area contributed by atoms with Gasteiger partial charge in [0.2, 0.25) is 0 Å². The van der Waals surface area contributed by atoms with E-state index in [-0.39, 0.29) is 17.6 Å². The SMILES string of the molecule is CNCc1ccc(OC)c(OC2CCS(=O)(=O)C2)c1. The van der Waals surface area contributed by atoms with Crippen LogP contribution in [0.25, 0.3) is 0 Å². The Bertz CT molecular complexity index is 542. The third-order valence-corrected chi connectivity index (χ3v) is 4.83. The van der Waals surface area contributed by atoms with Crippen molar-refractivity contribution in [2.75, 3.05) is 25.7 Å². The third kappa shape index (κ3) is 3.61. The molecule has 0 amide bonds. The first-order valence-electron chi connectivity index (χ1n) is 6.22. The van der Waals surface area contributed by atoms with E-state index < -0.39 is 9.84 Å². The molecule has 1 fully saturated rings. The van der Waals surface area contributed by atoms with Gasteiger partial charge in [0.1, 0.15) is 6.10 Å².